The van der Waals surface area contributed by atoms with Gasteiger partial charge in [0.25, 0.3) is 0 Å². The van der Waals surface area contributed by atoms with Gasteiger partial charge in [0.1, 0.15) is 17.3 Å². The van der Waals surface area contributed by atoms with Crippen LogP contribution in [0.4, 0.5) is 0 Å². The SMILES string of the molecule is CC[C@@H](O[Si](C)(C)C(C)(C)C)[C@]1(C)O[C@H]([C@H](C)C[C@@](C)(O)[C@@H]2OC(C)(C)O[C@H]([C@@H](C)CO)[C@@H]2C)[C@]2(C)OC(C)(C)O[C@@H]21. The summed E-state index contributed by atoms with van der Waals surface area (Å²) in [6.45, 7) is 33.4. The lowest BCUT2D eigenvalue weighted by atomic mass is 9.74. The van der Waals surface area contributed by atoms with Gasteiger partial charge in [0.05, 0.1) is 30.0 Å². The van der Waals surface area contributed by atoms with Crippen LogP contribution in [-0.2, 0) is 28.1 Å². The van der Waals surface area contributed by atoms with Gasteiger partial charge in [0.15, 0.2) is 19.9 Å². The molecule has 2 N–H and O–H groups in total. The highest BCUT2D eigenvalue weighted by atomic mass is 28.4. The Balaban J connectivity index is 1.94. The first-order chi connectivity index (χ1) is 18.8. The zero-order chi connectivity index (χ0) is 32.5. The first-order valence-corrected chi connectivity index (χ1v) is 19.1. The lowest BCUT2D eigenvalue weighted by molar-refractivity contribution is -0.353. The molecule has 0 amide bonds. The van der Waals surface area contributed by atoms with E-state index in [-0.39, 0.29) is 53.8 Å². The Labute approximate surface area is 257 Å². The number of hydrogen-bond acceptors (Lipinski definition) is 8. The lowest BCUT2D eigenvalue weighted by Gasteiger charge is -2.51. The molecule has 0 aliphatic carbocycles. The second-order valence-corrected chi connectivity index (χ2v) is 21.5. The van der Waals surface area contributed by atoms with E-state index in [0.29, 0.717) is 6.42 Å². The Morgan fingerprint density at radius 2 is 1.45 bits per heavy atom. The van der Waals surface area contributed by atoms with Crippen LogP contribution in [0.25, 0.3) is 0 Å². The fraction of sp³-hybridized carbons (Fsp3) is 1.00. The summed E-state index contributed by atoms with van der Waals surface area (Å²) in [5.74, 6) is -1.99. The summed E-state index contributed by atoms with van der Waals surface area (Å²) in [4.78, 5) is 0. The summed E-state index contributed by atoms with van der Waals surface area (Å²) >= 11 is 0. The predicted molar refractivity (Wildman–Crippen MR) is 168 cm³/mol. The molecule has 0 radical (unpaired) electrons. The molecule has 0 unspecified atom stereocenters. The molecule has 3 rings (SSSR count). The van der Waals surface area contributed by atoms with Crippen molar-refractivity contribution in [3.63, 3.8) is 0 Å². The molecule has 0 bridgehead atoms. The molecule has 0 aromatic rings. The molecular formula is C33H64O8Si. The quantitative estimate of drug-likeness (QED) is 0.272. The number of fused-ring (bicyclic) bond motifs is 1. The summed E-state index contributed by atoms with van der Waals surface area (Å²) in [5.41, 5.74) is -2.69. The van der Waals surface area contributed by atoms with Crippen LogP contribution in [0.2, 0.25) is 18.1 Å². The van der Waals surface area contributed by atoms with E-state index in [1.807, 2.05) is 48.5 Å². The Hall–Kier alpha value is -0.103. The Morgan fingerprint density at radius 1 is 0.881 bits per heavy atom. The maximum Gasteiger partial charge on any atom is 0.192 e. The minimum atomic E-state index is -2.12. The molecule has 0 aromatic heterocycles. The van der Waals surface area contributed by atoms with Crippen molar-refractivity contribution >= 4 is 8.32 Å². The van der Waals surface area contributed by atoms with Crippen LogP contribution in [0.3, 0.4) is 0 Å². The molecule has 0 saturated carbocycles. The molecule has 3 aliphatic heterocycles. The van der Waals surface area contributed by atoms with E-state index in [9.17, 15) is 10.2 Å². The van der Waals surface area contributed by atoms with Crippen LogP contribution in [-0.4, -0.2) is 84.0 Å². The van der Waals surface area contributed by atoms with Crippen molar-refractivity contribution in [2.24, 2.45) is 17.8 Å². The van der Waals surface area contributed by atoms with Crippen LogP contribution in [0.5, 0.6) is 0 Å². The lowest BCUT2D eigenvalue weighted by Crippen LogP contribution is -2.60. The first-order valence-electron chi connectivity index (χ1n) is 16.2. The van der Waals surface area contributed by atoms with Crippen molar-refractivity contribution in [3.8, 4) is 0 Å². The van der Waals surface area contributed by atoms with Crippen LogP contribution in [0.1, 0.15) is 110 Å². The van der Waals surface area contributed by atoms with Crippen molar-refractivity contribution in [3.05, 3.63) is 0 Å². The highest BCUT2D eigenvalue weighted by molar-refractivity contribution is 6.74. The number of rotatable bonds is 10. The van der Waals surface area contributed by atoms with E-state index in [1.54, 1.807) is 0 Å². The summed E-state index contributed by atoms with van der Waals surface area (Å²) in [6.07, 6.45) is -0.424. The van der Waals surface area contributed by atoms with Crippen LogP contribution >= 0.6 is 0 Å². The number of hydrogen-bond donors (Lipinski definition) is 2. The van der Waals surface area contributed by atoms with Gasteiger partial charge in [-0.05, 0) is 85.4 Å². The van der Waals surface area contributed by atoms with Crippen LogP contribution in [0.15, 0.2) is 0 Å². The Morgan fingerprint density at radius 3 is 1.95 bits per heavy atom. The van der Waals surface area contributed by atoms with Gasteiger partial charge in [-0.2, -0.15) is 0 Å². The van der Waals surface area contributed by atoms with E-state index >= 15 is 0 Å². The molecular weight excluding hydrogens is 552 g/mol. The zero-order valence-electron chi connectivity index (χ0n) is 29.6. The second-order valence-electron chi connectivity index (χ2n) is 16.8. The highest BCUT2D eigenvalue weighted by Crippen LogP contribution is 2.56. The van der Waals surface area contributed by atoms with Crippen molar-refractivity contribution < 1.29 is 38.3 Å². The maximum atomic E-state index is 12.1. The van der Waals surface area contributed by atoms with E-state index < -0.39 is 42.8 Å². The molecule has 248 valence electrons. The Bertz CT molecular complexity index is 945. The van der Waals surface area contributed by atoms with Crippen LogP contribution in [0, 0.1) is 17.8 Å². The van der Waals surface area contributed by atoms with Gasteiger partial charge in [-0.15, -0.1) is 0 Å². The Kier molecular flexibility index (Phi) is 10.0. The van der Waals surface area contributed by atoms with Gasteiger partial charge in [-0.1, -0.05) is 48.5 Å². The molecule has 9 heteroatoms. The fourth-order valence-corrected chi connectivity index (χ4v) is 9.24. The maximum absolute atomic E-state index is 12.1. The second kappa shape index (κ2) is 11.6. The largest absolute Gasteiger partial charge is 0.411 e. The third-order valence-corrected chi connectivity index (χ3v) is 15.1. The van der Waals surface area contributed by atoms with E-state index in [1.165, 1.54) is 0 Å². The fourth-order valence-electron chi connectivity index (χ4n) is 7.77. The summed E-state index contributed by atoms with van der Waals surface area (Å²) < 4.78 is 40.1. The van der Waals surface area contributed by atoms with E-state index in [4.69, 9.17) is 28.1 Å². The van der Waals surface area contributed by atoms with Gasteiger partial charge < -0.3 is 38.3 Å². The summed E-state index contributed by atoms with van der Waals surface area (Å²) in [6, 6.07) is 0. The van der Waals surface area contributed by atoms with Gasteiger partial charge in [-0.3, -0.25) is 0 Å². The van der Waals surface area contributed by atoms with E-state index in [2.05, 4.69) is 61.6 Å². The number of aliphatic hydroxyl groups excluding tert-OH is 1. The van der Waals surface area contributed by atoms with Crippen molar-refractivity contribution in [1.82, 2.24) is 0 Å². The first kappa shape index (κ1) is 36.4. The average molecular weight is 617 g/mol. The molecule has 3 fully saturated rings. The van der Waals surface area contributed by atoms with Crippen molar-refractivity contribution in [1.29, 1.82) is 0 Å². The van der Waals surface area contributed by atoms with Gasteiger partial charge in [0, 0.05) is 18.4 Å². The molecule has 8 nitrogen and oxygen atoms in total. The molecule has 0 spiro atoms. The molecule has 42 heavy (non-hydrogen) atoms. The summed E-state index contributed by atoms with van der Waals surface area (Å²) in [7, 11) is -2.12. The minimum absolute atomic E-state index is 0.00720. The number of ether oxygens (including phenoxy) is 5. The smallest absolute Gasteiger partial charge is 0.192 e. The van der Waals surface area contributed by atoms with Crippen LogP contribution < -0.4 is 0 Å². The molecule has 3 saturated heterocycles. The average Bonchev–Trinajstić information content (AvgIpc) is 3.21. The minimum Gasteiger partial charge on any atom is -0.411 e. The third kappa shape index (κ3) is 6.70. The molecule has 3 heterocycles. The third-order valence-electron chi connectivity index (χ3n) is 10.6. The van der Waals surface area contributed by atoms with Crippen molar-refractivity contribution in [2.45, 2.75) is 187 Å². The highest BCUT2D eigenvalue weighted by Gasteiger charge is 2.71. The van der Waals surface area contributed by atoms with E-state index in [0.717, 1.165) is 6.42 Å². The zero-order valence-corrected chi connectivity index (χ0v) is 30.6. The molecule has 11 atom stereocenters. The predicted octanol–water partition coefficient (Wildman–Crippen LogP) is 6.42. The van der Waals surface area contributed by atoms with Gasteiger partial charge in [-0.25, -0.2) is 0 Å². The normalized spacial score (nSPS) is 40.3. The number of aliphatic hydroxyl groups is 2. The summed E-state index contributed by atoms with van der Waals surface area (Å²) in [5, 5.41) is 22.1. The van der Waals surface area contributed by atoms with Gasteiger partial charge in [0.2, 0.25) is 0 Å². The monoisotopic (exact) mass is 616 g/mol. The van der Waals surface area contributed by atoms with Crippen molar-refractivity contribution in [2.75, 3.05) is 6.61 Å². The van der Waals surface area contributed by atoms with Gasteiger partial charge >= 0.3 is 0 Å². The topological polar surface area (TPSA) is 95.8 Å². The molecule has 3 aliphatic rings. The standard InChI is InChI=1S/C33H64O8Si/c1-17-23(40-42(15,16)28(5,6)7)32(13)27-33(14,41-30(10,11)39-27)25(38-32)20(2)18-31(12,35)26-22(4)24(21(3)19-34)36-29(8,9)37-26/h20-27,34-35H,17-19H2,1-16H3/t20-,21+,22+,23-,24-,25-,26-,27-,31-,32+,33+/m1/s1. The molecule has 0 aromatic carbocycles.